The Bertz CT molecular complexity index is 2570. The highest BCUT2D eigenvalue weighted by molar-refractivity contribution is 7.25. The molecule has 0 spiro atoms. The van der Waals surface area contributed by atoms with Crippen LogP contribution in [0.1, 0.15) is 0 Å². The highest BCUT2D eigenvalue weighted by Gasteiger charge is 2.15. The number of hydrogen-bond acceptors (Lipinski definition) is 4. The summed E-state index contributed by atoms with van der Waals surface area (Å²) in [5.41, 5.74) is 7.65. The van der Waals surface area contributed by atoms with E-state index in [1.807, 2.05) is 47.7 Å². The van der Waals surface area contributed by atoms with Crippen molar-refractivity contribution in [2.45, 2.75) is 0 Å². The maximum absolute atomic E-state index is 5.06. The summed E-state index contributed by atoms with van der Waals surface area (Å²) in [4.78, 5) is 15.0. The molecule has 9 aromatic rings. The van der Waals surface area contributed by atoms with Crippen LogP contribution >= 0.6 is 11.3 Å². The number of rotatable bonds is 5. The van der Waals surface area contributed by atoms with Crippen LogP contribution in [-0.4, -0.2) is 15.0 Å². The third-order valence-electron chi connectivity index (χ3n) is 8.73. The Morgan fingerprint density at radius 2 is 0.915 bits per heavy atom. The first-order chi connectivity index (χ1) is 23.3. The van der Waals surface area contributed by atoms with Crippen molar-refractivity contribution in [3.8, 4) is 56.4 Å². The van der Waals surface area contributed by atoms with Gasteiger partial charge in [0.2, 0.25) is 0 Å². The molecule has 0 saturated carbocycles. The van der Waals surface area contributed by atoms with Gasteiger partial charge in [-0.15, -0.1) is 11.3 Å². The Labute approximate surface area is 276 Å². The summed E-state index contributed by atoms with van der Waals surface area (Å²) in [6, 6.07) is 57.5. The summed E-state index contributed by atoms with van der Waals surface area (Å²) in [5, 5.41) is 5.03. The summed E-state index contributed by atoms with van der Waals surface area (Å²) >= 11 is 1.81. The van der Waals surface area contributed by atoms with Crippen molar-refractivity contribution in [3.63, 3.8) is 0 Å². The van der Waals surface area contributed by atoms with Crippen molar-refractivity contribution in [3.05, 3.63) is 164 Å². The molecule has 0 N–H and O–H groups in total. The first-order valence-corrected chi connectivity index (χ1v) is 16.5. The molecule has 7 aromatic carbocycles. The number of benzene rings is 7. The minimum absolute atomic E-state index is 0.655. The first-order valence-electron chi connectivity index (χ1n) is 15.7. The lowest BCUT2D eigenvalue weighted by Gasteiger charge is -2.10. The van der Waals surface area contributed by atoms with E-state index >= 15 is 0 Å². The van der Waals surface area contributed by atoms with E-state index in [1.165, 1.54) is 42.1 Å². The topological polar surface area (TPSA) is 38.7 Å². The van der Waals surface area contributed by atoms with E-state index in [1.54, 1.807) is 0 Å². The number of hydrogen-bond donors (Lipinski definition) is 0. The van der Waals surface area contributed by atoms with Crippen LogP contribution < -0.4 is 0 Å². The zero-order chi connectivity index (χ0) is 31.2. The summed E-state index contributed by atoms with van der Waals surface area (Å²) in [6.45, 7) is 0. The molecule has 0 bridgehead atoms. The monoisotopic (exact) mass is 617 g/mol. The molecule has 0 amide bonds. The molecule has 0 radical (unpaired) electrons. The van der Waals surface area contributed by atoms with Crippen LogP contribution in [0.3, 0.4) is 0 Å². The predicted octanol–water partition coefficient (Wildman–Crippen LogP) is 11.7. The largest absolute Gasteiger partial charge is 0.208 e. The standard InChI is InChI=1S/C43H27N3S/c1-3-11-28(12-4-1)31-17-9-18-33(25-31)42-44-41(30-14-5-2-6-15-30)45-43(46-42)34-21-23-37-38-26-32(22-24-39(38)47-40(37)27-34)36-20-10-16-29-13-7-8-19-35(29)36/h1-27H. The Kier molecular flexibility index (Phi) is 6.65. The molecule has 0 atom stereocenters. The van der Waals surface area contributed by atoms with Crippen LogP contribution in [0, 0.1) is 0 Å². The average molecular weight is 618 g/mol. The van der Waals surface area contributed by atoms with E-state index in [-0.39, 0.29) is 0 Å². The molecule has 220 valence electrons. The van der Waals surface area contributed by atoms with Gasteiger partial charge in [-0.05, 0) is 57.3 Å². The summed E-state index contributed by atoms with van der Waals surface area (Å²) in [6.07, 6.45) is 0. The van der Waals surface area contributed by atoms with Crippen molar-refractivity contribution in [1.82, 2.24) is 15.0 Å². The maximum Gasteiger partial charge on any atom is 0.164 e. The fourth-order valence-electron chi connectivity index (χ4n) is 6.38. The normalized spacial score (nSPS) is 11.4. The minimum atomic E-state index is 0.655. The molecule has 0 aliphatic rings. The van der Waals surface area contributed by atoms with Gasteiger partial charge in [0.15, 0.2) is 17.5 Å². The van der Waals surface area contributed by atoms with Crippen LogP contribution in [0.2, 0.25) is 0 Å². The van der Waals surface area contributed by atoms with Crippen LogP contribution in [0.4, 0.5) is 0 Å². The van der Waals surface area contributed by atoms with E-state index in [0.29, 0.717) is 17.5 Å². The first kappa shape index (κ1) is 27.3. The zero-order valence-electron chi connectivity index (χ0n) is 25.3. The highest BCUT2D eigenvalue weighted by atomic mass is 32.1. The second-order valence-electron chi connectivity index (χ2n) is 11.7. The van der Waals surface area contributed by atoms with Crippen LogP contribution in [0.5, 0.6) is 0 Å². The summed E-state index contributed by atoms with van der Waals surface area (Å²) in [5.74, 6) is 1.98. The minimum Gasteiger partial charge on any atom is -0.208 e. The third kappa shape index (κ3) is 5.05. The molecule has 0 fully saturated rings. The smallest absolute Gasteiger partial charge is 0.164 e. The van der Waals surface area contributed by atoms with Gasteiger partial charge >= 0.3 is 0 Å². The van der Waals surface area contributed by atoms with Gasteiger partial charge in [-0.1, -0.05) is 140 Å². The SMILES string of the molecule is c1ccc(-c2cccc(-c3nc(-c4ccccc4)nc(-c4ccc5c(c4)sc4ccc(-c6cccc7ccccc67)cc45)n3)c2)cc1. The van der Waals surface area contributed by atoms with E-state index in [9.17, 15) is 0 Å². The lowest BCUT2D eigenvalue weighted by Crippen LogP contribution is -2.00. The molecule has 2 heterocycles. The summed E-state index contributed by atoms with van der Waals surface area (Å²) < 4.78 is 2.47. The van der Waals surface area contributed by atoms with Crippen molar-refractivity contribution in [2.24, 2.45) is 0 Å². The van der Waals surface area contributed by atoms with Crippen molar-refractivity contribution >= 4 is 42.3 Å². The molecule has 0 aliphatic heterocycles. The van der Waals surface area contributed by atoms with Gasteiger partial charge in [0.05, 0.1) is 0 Å². The van der Waals surface area contributed by atoms with Crippen LogP contribution in [-0.2, 0) is 0 Å². The molecule has 2 aromatic heterocycles. The van der Waals surface area contributed by atoms with Crippen molar-refractivity contribution in [1.29, 1.82) is 0 Å². The van der Waals surface area contributed by atoms with Crippen molar-refractivity contribution in [2.75, 3.05) is 0 Å². The fourth-order valence-corrected chi connectivity index (χ4v) is 7.51. The Morgan fingerprint density at radius 3 is 1.72 bits per heavy atom. The molecule has 0 saturated heterocycles. The molecule has 0 unspecified atom stereocenters. The molecular weight excluding hydrogens is 591 g/mol. The third-order valence-corrected chi connectivity index (χ3v) is 9.86. The predicted molar refractivity (Wildman–Crippen MR) is 197 cm³/mol. The number of aromatic nitrogens is 3. The lowest BCUT2D eigenvalue weighted by atomic mass is 9.97. The van der Waals surface area contributed by atoms with Gasteiger partial charge in [0, 0.05) is 36.9 Å². The van der Waals surface area contributed by atoms with E-state index < -0.39 is 0 Å². The number of fused-ring (bicyclic) bond motifs is 4. The fraction of sp³-hybridized carbons (Fsp3) is 0. The number of nitrogens with zero attached hydrogens (tertiary/aromatic N) is 3. The molecular formula is C43H27N3S. The zero-order valence-corrected chi connectivity index (χ0v) is 26.2. The van der Waals surface area contributed by atoms with Crippen molar-refractivity contribution < 1.29 is 0 Å². The van der Waals surface area contributed by atoms with Gasteiger partial charge in [0.1, 0.15) is 0 Å². The van der Waals surface area contributed by atoms with Gasteiger partial charge in [-0.3, -0.25) is 0 Å². The van der Waals surface area contributed by atoms with Gasteiger partial charge in [-0.2, -0.15) is 0 Å². The average Bonchev–Trinajstić information content (AvgIpc) is 3.52. The Hall–Kier alpha value is -5.97. The van der Waals surface area contributed by atoms with Gasteiger partial charge in [0.25, 0.3) is 0 Å². The van der Waals surface area contributed by atoms with Crippen LogP contribution in [0.25, 0.3) is 87.4 Å². The lowest BCUT2D eigenvalue weighted by molar-refractivity contribution is 1.07. The van der Waals surface area contributed by atoms with E-state index in [0.717, 1.165) is 27.8 Å². The maximum atomic E-state index is 5.06. The molecule has 47 heavy (non-hydrogen) atoms. The molecule has 9 rings (SSSR count). The van der Waals surface area contributed by atoms with E-state index in [4.69, 9.17) is 15.0 Å². The quantitative estimate of drug-likeness (QED) is 0.193. The number of thiophene rings is 1. The van der Waals surface area contributed by atoms with E-state index in [2.05, 4.69) is 127 Å². The highest BCUT2D eigenvalue weighted by Crippen LogP contribution is 2.39. The molecule has 4 heteroatoms. The second kappa shape index (κ2) is 11.4. The Balaban J connectivity index is 1.17. The Morgan fingerprint density at radius 1 is 0.319 bits per heavy atom. The summed E-state index contributed by atoms with van der Waals surface area (Å²) in [7, 11) is 0. The second-order valence-corrected chi connectivity index (χ2v) is 12.8. The van der Waals surface area contributed by atoms with Gasteiger partial charge in [-0.25, -0.2) is 15.0 Å². The molecule has 3 nitrogen and oxygen atoms in total. The van der Waals surface area contributed by atoms with Gasteiger partial charge < -0.3 is 0 Å². The molecule has 0 aliphatic carbocycles. The van der Waals surface area contributed by atoms with Crippen LogP contribution in [0.15, 0.2) is 164 Å².